The van der Waals surface area contributed by atoms with Gasteiger partial charge in [-0.3, -0.25) is 9.69 Å². The lowest BCUT2D eigenvalue weighted by atomic mass is 10.1. The van der Waals surface area contributed by atoms with Crippen molar-refractivity contribution >= 4 is 17.2 Å². The number of hydrogen-bond donors (Lipinski definition) is 1. The van der Waals surface area contributed by atoms with Crippen LogP contribution in [0.15, 0.2) is 47.8 Å². The number of hydrogen-bond acceptors (Lipinski definition) is 5. The van der Waals surface area contributed by atoms with Gasteiger partial charge in [0.15, 0.2) is 0 Å². The number of thiophene rings is 1. The van der Waals surface area contributed by atoms with Crippen molar-refractivity contribution < 1.29 is 9.53 Å². The molecule has 1 aromatic carbocycles. The lowest BCUT2D eigenvalue weighted by molar-refractivity contribution is -0.122. The van der Waals surface area contributed by atoms with Crippen LogP contribution in [0.5, 0.6) is 0 Å². The molecule has 1 saturated heterocycles. The molecule has 1 unspecified atom stereocenters. The van der Waals surface area contributed by atoms with Crippen LogP contribution in [0.4, 0.5) is 0 Å². The number of carbonyl (C=O) groups excluding carboxylic acids is 1. The van der Waals surface area contributed by atoms with Crippen molar-refractivity contribution in [2.24, 2.45) is 0 Å². The summed E-state index contributed by atoms with van der Waals surface area (Å²) in [6, 6.07) is 14.3. The summed E-state index contributed by atoms with van der Waals surface area (Å²) in [5.41, 5.74) is 1.13. The third-order valence-electron chi connectivity index (χ3n) is 5.14. The van der Waals surface area contributed by atoms with E-state index in [2.05, 4.69) is 38.7 Å². The average molecular weight is 402 g/mol. The second-order valence-electron chi connectivity index (χ2n) is 7.06. The summed E-state index contributed by atoms with van der Waals surface area (Å²) in [7, 11) is 0. The van der Waals surface area contributed by atoms with Crippen molar-refractivity contribution in [3.05, 3.63) is 58.3 Å². The third kappa shape index (κ3) is 6.41. The molecular formula is C22H31N3O2S. The largest absolute Gasteiger partial charge is 0.380 e. The third-order valence-corrected chi connectivity index (χ3v) is 6.08. The Labute approximate surface area is 172 Å². The van der Waals surface area contributed by atoms with Crippen molar-refractivity contribution in [1.29, 1.82) is 0 Å². The first-order valence-electron chi connectivity index (χ1n) is 10.2. The summed E-state index contributed by atoms with van der Waals surface area (Å²) in [4.78, 5) is 18.6. The molecule has 1 amide bonds. The van der Waals surface area contributed by atoms with Crippen molar-refractivity contribution in [2.45, 2.75) is 19.4 Å². The van der Waals surface area contributed by atoms with Crippen LogP contribution < -0.4 is 5.32 Å². The fraction of sp³-hybridized carbons (Fsp3) is 0.500. The van der Waals surface area contributed by atoms with Gasteiger partial charge in [-0.2, -0.15) is 0 Å². The molecule has 152 valence electrons. The molecule has 3 rings (SSSR count). The molecular weight excluding hydrogens is 370 g/mol. The minimum Gasteiger partial charge on any atom is -0.380 e. The molecule has 0 saturated carbocycles. The molecule has 1 atom stereocenters. The van der Waals surface area contributed by atoms with Gasteiger partial charge in [0.25, 0.3) is 0 Å². The summed E-state index contributed by atoms with van der Waals surface area (Å²) in [5.74, 6) is 0.112. The topological polar surface area (TPSA) is 44.8 Å². The molecule has 1 N–H and O–H groups in total. The molecule has 0 aliphatic carbocycles. The van der Waals surface area contributed by atoms with Crippen molar-refractivity contribution in [3.8, 4) is 0 Å². The smallest absolute Gasteiger partial charge is 0.222 e. The summed E-state index contributed by atoms with van der Waals surface area (Å²) < 4.78 is 5.44. The van der Waals surface area contributed by atoms with Gasteiger partial charge in [-0.05, 0) is 23.9 Å². The number of rotatable bonds is 10. The van der Waals surface area contributed by atoms with E-state index in [0.717, 1.165) is 58.0 Å². The Morgan fingerprint density at radius 1 is 1.07 bits per heavy atom. The van der Waals surface area contributed by atoms with E-state index in [1.807, 2.05) is 31.2 Å². The second kappa shape index (κ2) is 11.3. The zero-order valence-corrected chi connectivity index (χ0v) is 17.5. The van der Waals surface area contributed by atoms with E-state index >= 15 is 0 Å². The molecule has 28 heavy (non-hydrogen) atoms. The summed E-state index contributed by atoms with van der Waals surface area (Å²) in [5, 5.41) is 5.29. The fourth-order valence-corrected chi connectivity index (χ4v) is 4.29. The van der Waals surface area contributed by atoms with E-state index in [9.17, 15) is 4.79 Å². The Hall–Kier alpha value is -1.73. The van der Waals surface area contributed by atoms with Crippen LogP contribution in [0.1, 0.15) is 29.8 Å². The van der Waals surface area contributed by atoms with E-state index in [0.29, 0.717) is 6.42 Å². The van der Waals surface area contributed by atoms with Gasteiger partial charge < -0.3 is 15.0 Å². The molecule has 2 heterocycles. The average Bonchev–Trinajstić information content (AvgIpc) is 3.27. The predicted molar refractivity (Wildman–Crippen MR) is 115 cm³/mol. The van der Waals surface area contributed by atoms with E-state index in [4.69, 9.17) is 4.74 Å². The van der Waals surface area contributed by atoms with E-state index in [1.54, 1.807) is 11.3 Å². The maximum absolute atomic E-state index is 12.6. The number of benzene rings is 1. The van der Waals surface area contributed by atoms with Crippen LogP contribution in [0, 0.1) is 0 Å². The van der Waals surface area contributed by atoms with Crippen LogP contribution >= 0.6 is 11.3 Å². The molecule has 1 aromatic heterocycles. The number of nitrogens with one attached hydrogen (secondary N) is 1. The van der Waals surface area contributed by atoms with E-state index in [-0.39, 0.29) is 11.9 Å². The summed E-state index contributed by atoms with van der Waals surface area (Å²) in [6.07, 6.45) is 0.535. The quantitative estimate of drug-likeness (QED) is 0.622. The standard InChI is InChI=1S/C22H31N3O2S/c1-2-27-17-16-25-14-12-24(13-15-25)11-10-21(26)23-22(20-9-6-18-28-20)19-7-4-3-5-8-19/h3-9,18,22H,2,10-17H2,1H3,(H,23,26). The highest BCUT2D eigenvalue weighted by atomic mass is 32.1. The molecule has 1 aliphatic rings. The number of piperazine rings is 1. The highest BCUT2D eigenvalue weighted by Crippen LogP contribution is 2.26. The lowest BCUT2D eigenvalue weighted by Gasteiger charge is -2.34. The predicted octanol–water partition coefficient (Wildman–Crippen LogP) is 3.00. The van der Waals surface area contributed by atoms with E-state index < -0.39 is 0 Å². The SMILES string of the molecule is CCOCCN1CCN(CCC(=O)NC(c2ccccc2)c2cccs2)CC1. The maximum Gasteiger partial charge on any atom is 0.222 e. The van der Waals surface area contributed by atoms with Gasteiger partial charge >= 0.3 is 0 Å². The highest BCUT2D eigenvalue weighted by molar-refractivity contribution is 7.10. The lowest BCUT2D eigenvalue weighted by Crippen LogP contribution is -2.48. The molecule has 2 aromatic rings. The van der Waals surface area contributed by atoms with E-state index in [1.165, 1.54) is 4.88 Å². The van der Waals surface area contributed by atoms with Crippen LogP contribution in [0.3, 0.4) is 0 Å². The van der Waals surface area contributed by atoms with Crippen LogP contribution in [0.25, 0.3) is 0 Å². The number of amides is 1. The van der Waals surface area contributed by atoms with Crippen molar-refractivity contribution in [3.63, 3.8) is 0 Å². The zero-order valence-electron chi connectivity index (χ0n) is 16.7. The monoisotopic (exact) mass is 401 g/mol. The molecule has 0 spiro atoms. The van der Waals surface area contributed by atoms with Gasteiger partial charge in [0.05, 0.1) is 12.6 Å². The Bertz CT molecular complexity index is 685. The van der Waals surface area contributed by atoms with Gasteiger partial charge in [0, 0.05) is 57.2 Å². The summed E-state index contributed by atoms with van der Waals surface area (Å²) >= 11 is 1.68. The first-order chi connectivity index (χ1) is 13.8. The molecule has 1 aliphatic heterocycles. The molecule has 0 radical (unpaired) electrons. The van der Waals surface area contributed by atoms with Gasteiger partial charge in [-0.25, -0.2) is 0 Å². The second-order valence-corrected chi connectivity index (χ2v) is 8.04. The van der Waals surface area contributed by atoms with Crippen molar-refractivity contribution in [1.82, 2.24) is 15.1 Å². The van der Waals surface area contributed by atoms with Gasteiger partial charge in [-0.1, -0.05) is 36.4 Å². The number of ether oxygens (including phenoxy) is 1. The van der Waals surface area contributed by atoms with Crippen LogP contribution in [-0.2, 0) is 9.53 Å². The van der Waals surface area contributed by atoms with Crippen LogP contribution in [0.2, 0.25) is 0 Å². The van der Waals surface area contributed by atoms with Crippen LogP contribution in [-0.4, -0.2) is 68.2 Å². The highest BCUT2D eigenvalue weighted by Gasteiger charge is 2.20. The first kappa shape index (κ1) is 21.0. The molecule has 0 bridgehead atoms. The molecule has 5 nitrogen and oxygen atoms in total. The Kier molecular flexibility index (Phi) is 8.48. The zero-order chi connectivity index (χ0) is 19.6. The van der Waals surface area contributed by atoms with Gasteiger partial charge in [0.2, 0.25) is 5.91 Å². The number of nitrogens with zero attached hydrogens (tertiary/aromatic N) is 2. The Balaban J connectivity index is 1.44. The van der Waals surface area contributed by atoms with Gasteiger partial charge in [-0.15, -0.1) is 11.3 Å². The first-order valence-corrected chi connectivity index (χ1v) is 11.0. The number of carbonyl (C=O) groups is 1. The maximum atomic E-state index is 12.6. The fourth-order valence-electron chi connectivity index (χ4n) is 3.49. The molecule has 1 fully saturated rings. The Morgan fingerprint density at radius 3 is 2.43 bits per heavy atom. The normalized spacial score (nSPS) is 16.8. The molecule has 6 heteroatoms. The minimum atomic E-state index is -0.0656. The van der Waals surface area contributed by atoms with Crippen molar-refractivity contribution in [2.75, 3.05) is 52.5 Å². The van der Waals surface area contributed by atoms with Gasteiger partial charge in [0.1, 0.15) is 0 Å². The summed E-state index contributed by atoms with van der Waals surface area (Å²) in [6.45, 7) is 9.58. The Morgan fingerprint density at radius 2 is 1.79 bits per heavy atom. The minimum absolute atomic E-state index is 0.0656.